The summed E-state index contributed by atoms with van der Waals surface area (Å²) in [6.07, 6.45) is 2.53. The molecule has 0 unspecified atom stereocenters. The van der Waals surface area contributed by atoms with Crippen molar-refractivity contribution in [2.24, 2.45) is 0 Å². The molecular weight excluding hydrogens is 270 g/mol. The van der Waals surface area contributed by atoms with E-state index in [9.17, 15) is 4.79 Å². The fourth-order valence-corrected chi connectivity index (χ4v) is 1.78. The zero-order chi connectivity index (χ0) is 11.7. The number of carbonyl (C=O) groups is 1. The highest BCUT2D eigenvalue weighted by atomic mass is 79.9. The van der Waals surface area contributed by atoms with Crippen LogP contribution in [0.15, 0.2) is 22.8 Å². The van der Waals surface area contributed by atoms with E-state index in [4.69, 9.17) is 0 Å². The van der Waals surface area contributed by atoms with Crippen molar-refractivity contribution >= 4 is 22.2 Å². The minimum Gasteiger partial charge on any atom is -0.298 e. The van der Waals surface area contributed by atoms with Gasteiger partial charge in [0.1, 0.15) is 0 Å². The molecule has 0 radical (unpaired) electrons. The van der Waals surface area contributed by atoms with E-state index in [0.717, 1.165) is 22.1 Å². The van der Waals surface area contributed by atoms with Crippen LogP contribution in [-0.2, 0) is 0 Å². The van der Waals surface area contributed by atoms with Crippen LogP contribution in [0, 0.1) is 13.8 Å². The van der Waals surface area contributed by atoms with Crippen molar-refractivity contribution in [3.63, 3.8) is 0 Å². The molecule has 0 spiro atoms. The van der Waals surface area contributed by atoms with Crippen molar-refractivity contribution in [1.29, 1.82) is 0 Å². The monoisotopic (exact) mass is 279 g/mol. The molecule has 5 heteroatoms. The van der Waals surface area contributed by atoms with E-state index in [0.29, 0.717) is 11.4 Å². The molecular formula is C11H10BrN3O. The van der Waals surface area contributed by atoms with Crippen molar-refractivity contribution < 1.29 is 4.79 Å². The third kappa shape index (κ3) is 1.78. The molecule has 0 aliphatic carbocycles. The molecule has 2 aromatic rings. The number of halogens is 1. The van der Waals surface area contributed by atoms with Gasteiger partial charge in [0.15, 0.2) is 12.1 Å². The quantitative estimate of drug-likeness (QED) is 0.794. The normalized spacial score (nSPS) is 10.4. The van der Waals surface area contributed by atoms with Gasteiger partial charge in [-0.3, -0.25) is 4.79 Å². The van der Waals surface area contributed by atoms with E-state index >= 15 is 0 Å². The number of nitrogens with zero attached hydrogens (tertiary/aromatic N) is 3. The topological polar surface area (TPSA) is 47.8 Å². The first-order valence-corrected chi connectivity index (χ1v) is 5.56. The summed E-state index contributed by atoms with van der Waals surface area (Å²) in [5.74, 6) is 0.705. The molecule has 0 saturated carbocycles. The molecule has 16 heavy (non-hydrogen) atoms. The molecule has 0 amide bonds. The van der Waals surface area contributed by atoms with Crippen LogP contribution in [0.3, 0.4) is 0 Å². The summed E-state index contributed by atoms with van der Waals surface area (Å²) >= 11 is 3.32. The first kappa shape index (κ1) is 11.0. The van der Waals surface area contributed by atoms with Crippen LogP contribution in [0.4, 0.5) is 0 Å². The van der Waals surface area contributed by atoms with Gasteiger partial charge in [0.25, 0.3) is 0 Å². The van der Waals surface area contributed by atoms with Crippen LogP contribution in [0.5, 0.6) is 0 Å². The Morgan fingerprint density at radius 2 is 2.12 bits per heavy atom. The van der Waals surface area contributed by atoms with Crippen molar-refractivity contribution in [3.05, 3.63) is 39.8 Å². The lowest BCUT2D eigenvalue weighted by molar-refractivity contribution is 0.112. The Bertz CT molecular complexity index is 531. The van der Waals surface area contributed by atoms with Gasteiger partial charge in [0.2, 0.25) is 0 Å². The third-order valence-electron chi connectivity index (χ3n) is 2.39. The molecule has 0 atom stereocenters. The van der Waals surface area contributed by atoms with Gasteiger partial charge < -0.3 is 0 Å². The van der Waals surface area contributed by atoms with E-state index < -0.39 is 0 Å². The predicted molar refractivity (Wildman–Crippen MR) is 63.9 cm³/mol. The standard InChI is InChI=1S/C11H10BrN3O/c1-7-10(6-16)8(2)15(14-7)11-4-3-9(12)5-13-11/h3-6H,1-2H3. The van der Waals surface area contributed by atoms with E-state index in [1.807, 2.05) is 26.0 Å². The maximum atomic E-state index is 10.9. The summed E-state index contributed by atoms with van der Waals surface area (Å²) in [6, 6.07) is 3.73. The molecule has 0 bridgehead atoms. The summed E-state index contributed by atoms with van der Waals surface area (Å²) in [6.45, 7) is 3.67. The molecule has 2 aromatic heterocycles. The molecule has 82 valence electrons. The summed E-state index contributed by atoms with van der Waals surface area (Å²) in [7, 11) is 0. The minimum absolute atomic E-state index is 0.629. The third-order valence-corrected chi connectivity index (χ3v) is 2.86. The number of pyridine rings is 1. The number of hydrogen-bond acceptors (Lipinski definition) is 3. The van der Waals surface area contributed by atoms with Gasteiger partial charge in [-0.2, -0.15) is 5.10 Å². The Kier molecular flexibility index (Phi) is 2.87. The van der Waals surface area contributed by atoms with Crippen LogP contribution < -0.4 is 0 Å². The number of carbonyl (C=O) groups excluding carboxylic acids is 1. The highest BCUT2D eigenvalue weighted by Gasteiger charge is 2.12. The molecule has 0 N–H and O–H groups in total. The first-order chi connectivity index (χ1) is 7.63. The summed E-state index contributed by atoms with van der Waals surface area (Å²) in [5.41, 5.74) is 2.16. The Morgan fingerprint density at radius 1 is 1.38 bits per heavy atom. The van der Waals surface area contributed by atoms with Gasteiger partial charge in [-0.05, 0) is 41.9 Å². The molecule has 0 aliphatic rings. The van der Waals surface area contributed by atoms with E-state index in [1.165, 1.54) is 0 Å². The van der Waals surface area contributed by atoms with Crippen molar-refractivity contribution in [2.75, 3.05) is 0 Å². The average molecular weight is 280 g/mol. The zero-order valence-electron chi connectivity index (χ0n) is 8.94. The van der Waals surface area contributed by atoms with Gasteiger partial charge in [-0.25, -0.2) is 9.67 Å². The van der Waals surface area contributed by atoms with Gasteiger partial charge >= 0.3 is 0 Å². The molecule has 0 saturated heterocycles. The zero-order valence-corrected chi connectivity index (χ0v) is 10.5. The predicted octanol–water partition coefficient (Wildman–Crippen LogP) is 2.46. The fourth-order valence-electron chi connectivity index (χ4n) is 1.54. The highest BCUT2D eigenvalue weighted by molar-refractivity contribution is 9.10. The second-order valence-corrected chi connectivity index (χ2v) is 4.36. The lowest BCUT2D eigenvalue weighted by Crippen LogP contribution is -2.01. The Morgan fingerprint density at radius 3 is 2.62 bits per heavy atom. The SMILES string of the molecule is Cc1nn(-c2ccc(Br)cn2)c(C)c1C=O. The lowest BCUT2D eigenvalue weighted by Gasteiger charge is -2.02. The van der Waals surface area contributed by atoms with Gasteiger partial charge in [0.05, 0.1) is 17.0 Å². The maximum Gasteiger partial charge on any atom is 0.153 e. The van der Waals surface area contributed by atoms with Crippen LogP contribution in [0.25, 0.3) is 5.82 Å². The van der Waals surface area contributed by atoms with Crippen molar-refractivity contribution in [3.8, 4) is 5.82 Å². The second kappa shape index (κ2) is 4.17. The molecule has 2 heterocycles. The van der Waals surface area contributed by atoms with Crippen LogP contribution >= 0.6 is 15.9 Å². The van der Waals surface area contributed by atoms with E-state index in [-0.39, 0.29) is 0 Å². The molecule has 0 fully saturated rings. The Hall–Kier alpha value is -1.49. The maximum absolute atomic E-state index is 10.9. The van der Waals surface area contributed by atoms with Crippen LogP contribution in [0.2, 0.25) is 0 Å². The minimum atomic E-state index is 0.629. The molecule has 0 aromatic carbocycles. The van der Waals surface area contributed by atoms with E-state index in [1.54, 1.807) is 10.9 Å². The largest absolute Gasteiger partial charge is 0.298 e. The lowest BCUT2D eigenvalue weighted by atomic mass is 10.2. The highest BCUT2D eigenvalue weighted by Crippen LogP contribution is 2.16. The molecule has 2 rings (SSSR count). The summed E-state index contributed by atoms with van der Waals surface area (Å²) in [4.78, 5) is 15.1. The number of aldehydes is 1. The van der Waals surface area contributed by atoms with Gasteiger partial charge in [0, 0.05) is 10.7 Å². The van der Waals surface area contributed by atoms with Gasteiger partial charge in [-0.15, -0.1) is 0 Å². The number of aryl methyl sites for hydroxylation is 1. The number of rotatable bonds is 2. The Labute approximate surface area is 101 Å². The second-order valence-electron chi connectivity index (χ2n) is 3.45. The average Bonchev–Trinajstić information content (AvgIpc) is 2.55. The number of hydrogen-bond donors (Lipinski definition) is 0. The number of aromatic nitrogens is 3. The van der Waals surface area contributed by atoms with Crippen LogP contribution in [-0.4, -0.2) is 21.1 Å². The first-order valence-electron chi connectivity index (χ1n) is 4.77. The van der Waals surface area contributed by atoms with Crippen molar-refractivity contribution in [1.82, 2.24) is 14.8 Å². The van der Waals surface area contributed by atoms with Gasteiger partial charge in [-0.1, -0.05) is 0 Å². The summed E-state index contributed by atoms with van der Waals surface area (Å²) < 4.78 is 2.58. The van der Waals surface area contributed by atoms with Crippen molar-refractivity contribution in [2.45, 2.75) is 13.8 Å². The smallest absolute Gasteiger partial charge is 0.153 e. The summed E-state index contributed by atoms with van der Waals surface area (Å²) in [5, 5.41) is 4.29. The fraction of sp³-hybridized carbons (Fsp3) is 0.182. The molecule has 4 nitrogen and oxygen atoms in total. The van der Waals surface area contributed by atoms with E-state index in [2.05, 4.69) is 26.0 Å². The van der Waals surface area contributed by atoms with Crippen LogP contribution in [0.1, 0.15) is 21.7 Å². The molecule has 0 aliphatic heterocycles. The Balaban J connectivity index is 2.56.